The van der Waals surface area contributed by atoms with Crippen LogP contribution in [0.1, 0.15) is 25.0 Å². The summed E-state index contributed by atoms with van der Waals surface area (Å²) >= 11 is 0. The number of halogens is 2. The molecule has 0 aliphatic carbocycles. The molecule has 0 aromatic heterocycles. The van der Waals surface area contributed by atoms with E-state index >= 15 is 0 Å². The second-order valence-electron chi connectivity index (χ2n) is 3.77. The smallest absolute Gasteiger partial charge is 0.148 e. The van der Waals surface area contributed by atoms with Crippen molar-refractivity contribution in [2.75, 3.05) is 0 Å². The van der Waals surface area contributed by atoms with Gasteiger partial charge in [0.1, 0.15) is 17.5 Å². The molecule has 0 aliphatic heterocycles. The van der Waals surface area contributed by atoms with Crippen molar-refractivity contribution < 1.29 is 8.78 Å². The molecule has 0 radical (unpaired) electrons. The van der Waals surface area contributed by atoms with E-state index in [1.807, 2.05) is 0 Å². The summed E-state index contributed by atoms with van der Waals surface area (Å²) in [7, 11) is 0. The molecule has 3 N–H and O–H groups in total. The molecule has 0 bridgehead atoms. The van der Waals surface area contributed by atoms with Gasteiger partial charge in [-0.15, -0.1) is 0 Å². The molecule has 0 unspecified atom stereocenters. The number of hydrazine groups is 1. The maximum absolute atomic E-state index is 13.7. The van der Waals surface area contributed by atoms with Gasteiger partial charge in [-0.3, -0.25) is 4.99 Å². The Hall–Kier alpha value is -1.49. The van der Waals surface area contributed by atoms with Crippen molar-refractivity contribution in [1.29, 1.82) is 0 Å². The molecular formula is C11H15F2N3. The molecule has 0 atom stereocenters. The van der Waals surface area contributed by atoms with Crippen LogP contribution in [-0.2, 0) is 0 Å². The van der Waals surface area contributed by atoms with Gasteiger partial charge >= 0.3 is 0 Å². The summed E-state index contributed by atoms with van der Waals surface area (Å²) < 4.78 is 27.2. The highest BCUT2D eigenvalue weighted by Crippen LogP contribution is 2.16. The summed E-state index contributed by atoms with van der Waals surface area (Å²) in [5.41, 5.74) is 2.37. The molecule has 0 saturated carbocycles. The van der Waals surface area contributed by atoms with Crippen LogP contribution >= 0.6 is 0 Å². The number of aryl methyl sites for hydroxylation is 1. The number of nitrogens with zero attached hydrogens (tertiary/aromatic N) is 1. The number of benzene rings is 1. The zero-order chi connectivity index (χ0) is 12.3. The minimum Gasteiger partial charge on any atom is -0.308 e. The zero-order valence-electron chi connectivity index (χ0n) is 9.51. The van der Waals surface area contributed by atoms with Gasteiger partial charge in [0.15, 0.2) is 0 Å². The Kier molecular flexibility index (Phi) is 3.95. The number of nitrogens with one attached hydrogen (secondary N) is 1. The second kappa shape index (κ2) is 5.03. The van der Waals surface area contributed by atoms with Crippen molar-refractivity contribution in [3.8, 4) is 0 Å². The lowest BCUT2D eigenvalue weighted by Crippen LogP contribution is -2.33. The van der Waals surface area contributed by atoms with E-state index in [1.54, 1.807) is 20.8 Å². The highest BCUT2D eigenvalue weighted by atomic mass is 19.1. The molecule has 0 saturated heterocycles. The maximum Gasteiger partial charge on any atom is 0.148 e. The minimum atomic E-state index is -0.680. The third-order valence-corrected chi connectivity index (χ3v) is 2.05. The molecular weight excluding hydrogens is 212 g/mol. The number of nitrogens with two attached hydrogens (primary N) is 1. The quantitative estimate of drug-likeness (QED) is 0.351. The highest BCUT2D eigenvalue weighted by Gasteiger charge is 2.16. The Morgan fingerprint density at radius 2 is 2.00 bits per heavy atom. The van der Waals surface area contributed by atoms with Crippen LogP contribution in [-0.4, -0.2) is 11.9 Å². The van der Waals surface area contributed by atoms with Crippen molar-refractivity contribution in [3.63, 3.8) is 0 Å². The highest BCUT2D eigenvalue weighted by molar-refractivity contribution is 5.99. The molecule has 0 spiro atoms. The lowest BCUT2D eigenvalue weighted by molar-refractivity contribution is 0.570. The van der Waals surface area contributed by atoms with Crippen molar-refractivity contribution in [2.45, 2.75) is 26.8 Å². The number of hydrogen-bond donors (Lipinski definition) is 2. The molecule has 88 valence electrons. The molecule has 1 aromatic carbocycles. The molecule has 0 amide bonds. The summed E-state index contributed by atoms with van der Waals surface area (Å²) in [6, 6.07) is 2.46. The van der Waals surface area contributed by atoms with Gasteiger partial charge in [0.25, 0.3) is 0 Å². The normalized spacial score (nSPS) is 12.1. The molecule has 16 heavy (non-hydrogen) atoms. The molecule has 0 fully saturated rings. The average molecular weight is 227 g/mol. The van der Waals surface area contributed by atoms with E-state index < -0.39 is 11.6 Å². The van der Waals surface area contributed by atoms with Gasteiger partial charge < -0.3 is 5.43 Å². The van der Waals surface area contributed by atoms with Crippen LogP contribution in [0.15, 0.2) is 17.1 Å². The number of aliphatic imine (C=N–C) groups is 1. The molecule has 1 aromatic rings. The van der Waals surface area contributed by atoms with Gasteiger partial charge in [0.05, 0.1) is 5.56 Å². The summed E-state index contributed by atoms with van der Waals surface area (Å²) in [5.74, 6) is 3.93. The molecule has 1 rings (SSSR count). The van der Waals surface area contributed by atoms with Crippen LogP contribution in [0, 0.1) is 18.6 Å². The van der Waals surface area contributed by atoms with E-state index in [0.717, 1.165) is 0 Å². The number of amidine groups is 1. The van der Waals surface area contributed by atoms with E-state index in [2.05, 4.69) is 10.4 Å². The SMILES string of the molecule is Cc1ccc(F)c(C(=NC(C)C)NN)c1F. The lowest BCUT2D eigenvalue weighted by Gasteiger charge is -2.11. The van der Waals surface area contributed by atoms with Crippen LogP contribution in [0.25, 0.3) is 0 Å². The fourth-order valence-corrected chi connectivity index (χ4v) is 1.31. The summed E-state index contributed by atoms with van der Waals surface area (Å²) in [5, 5.41) is 0. The van der Waals surface area contributed by atoms with Crippen LogP contribution in [0.4, 0.5) is 8.78 Å². The van der Waals surface area contributed by atoms with E-state index in [0.29, 0.717) is 5.56 Å². The van der Waals surface area contributed by atoms with E-state index in [4.69, 9.17) is 5.84 Å². The van der Waals surface area contributed by atoms with Crippen LogP contribution < -0.4 is 11.3 Å². The van der Waals surface area contributed by atoms with Gasteiger partial charge in [0, 0.05) is 6.04 Å². The third-order valence-electron chi connectivity index (χ3n) is 2.05. The number of rotatable bonds is 2. The Labute approximate surface area is 93.3 Å². The van der Waals surface area contributed by atoms with Gasteiger partial charge in [-0.05, 0) is 32.4 Å². The van der Waals surface area contributed by atoms with Gasteiger partial charge in [-0.2, -0.15) is 0 Å². The first-order valence-electron chi connectivity index (χ1n) is 4.96. The molecule has 0 aliphatic rings. The predicted molar refractivity (Wildman–Crippen MR) is 60.1 cm³/mol. The Morgan fingerprint density at radius 1 is 1.38 bits per heavy atom. The molecule has 5 heteroatoms. The largest absolute Gasteiger partial charge is 0.308 e. The first-order valence-corrected chi connectivity index (χ1v) is 4.96. The summed E-state index contributed by atoms with van der Waals surface area (Å²) in [6.45, 7) is 5.15. The van der Waals surface area contributed by atoms with Crippen molar-refractivity contribution in [1.82, 2.24) is 5.43 Å². The van der Waals surface area contributed by atoms with Crippen molar-refractivity contribution in [3.05, 3.63) is 34.9 Å². The third kappa shape index (κ3) is 2.55. The minimum absolute atomic E-state index is 0.0219. The van der Waals surface area contributed by atoms with Gasteiger partial charge in [-0.1, -0.05) is 6.07 Å². The lowest BCUT2D eigenvalue weighted by atomic mass is 10.1. The fourth-order valence-electron chi connectivity index (χ4n) is 1.31. The Bertz CT molecular complexity index is 414. The molecule has 0 heterocycles. The fraction of sp³-hybridized carbons (Fsp3) is 0.364. The van der Waals surface area contributed by atoms with Crippen LogP contribution in [0.2, 0.25) is 0 Å². The van der Waals surface area contributed by atoms with Crippen LogP contribution in [0.3, 0.4) is 0 Å². The topological polar surface area (TPSA) is 50.4 Å². The Morgan fingerprint density at radius 3 is 2.50 bits per heavy atom. The summed E-state index contributed by atoms with van der Waals surface area (Å²) in [6.07, 6.45) is 0. The van der Waals surface area contributed by atoms with Crippen molar-refractivity contribution >= 4 is 5.84 Å². The monoisotopic (exact) mass is 227 g/mol. The standard InChI is InChI=1S/C11H15F2N3/c1-6(2)15-11(16-14)9-8(12)5-4-7(3)10(9)13/h4-6H,14H2,1-3H3,(H,15,16). The maximum atomic E-state index is 13.7. The first-order chi connectivity index (χ1) is 7.47. The van der Waals surface area contributed by atoms with E-state index in [1.165, 1.54) is 12.1 Å². The molecule has 3 nitrogen and oxygen atoms in total. The second-order valence-corrected chi connectivity index (χ2v) is 3.77. The van der Waals surface area contributed by atoms with Gasteiger partial charge in [0.2, 0.25) is 0 Å². The summed E-state index contributed by atoms with van der Waals surface area (Å²) in [4.78, 5) is 4.03. The zero-order valence-corrected chi connectivity index (χ0v) is 9.51. The van der Waals surface area contributed by atoms with Crippen LogP contribution in [0.5, 0.6) is 0 Å². The predicted octanol–water partition coefficient (Wildman–Crippen LogP) is 1.89. The first kappa shape index (κ1) is 12.6. The average Bonchev–Trinajstić information content (AvgIpc) is 2.22. The van der Waals surface area contributed by atoms with E-state index in [9.17, 15) is 8.78 Å². The number of hydrogen-bond acceptors (Lipinski definition) is 2. The van der Waals surface area contributed by atoms with Gasteiger partial charge in [-0.25, -0.2) is 14.6 Å². The van der Waals surface area contributed by atoms with Crippen molar-refractivity contribution in [2.24, 2.45) is 10.8 Å². The Balaban J connectivity index is 3.35. The van der Waals surface area contributed by atoms with E-state index in [-0.39, 0.29) is 17.4 Å².